The first-order valence-electron chi connectivity index (χ1n) is 10.3. The number of nitrogens with zero attached hydrogens (tertiary/aromatic N) is 2. The summed E-state index contributed by atoms with van der Waals surface area (Å²) in [6.07, 6.45) is 0. The van der Waals surface area contributed by atoms with E-state index in [9.17, 15) is 23.6 Å². The van der Waals surface area contributed by atoms with Crippen LogP contribution in [0.3, 0.4) is 0 Å². The van der Waals surface area contributed by atoms with Crippen molar-refractivity contribution in [2.45, 2.75) is 20.0 Å². The first-order chi connectivity index (χ1) is 16.2. The number of ketones is 1. The molecule has 9 heteroatoms. The number of benzene rings is 3. The van der Waals surface area contributed by atoms with Gasteiger partial charge in [-0.2, -0.15) is 0 Å². The Kier molecular flexibility index (Phi) is 6.43. The molecule has 0 saturated heterocycles. The summed E-state index contributed by atoms with van der Waals surface area (Å²) in [6, 6.07) is 16.2. The van der Waals surface area contributed by atoms with E-state index in [0.717, 1.165) is 4.57 Å². The third-order valence-corrected chi connectivity index (χ3v) is 5.58. The molecule has 0 aliphatic carbocycles. The van der Waals surface area contributed by atoms with E-state index >= 15 is 0 Å². The number of nitrogens with one attached hydrogen (secondary N) is 1. The molecule has 1 amide bonds. The molecule has 0 unspecified atom stereocenters. The van der Waals surface area contributed by atoms with Gasteiger partial charge in [0.2, 0.25) is 5.91 Å². The van der Waals surface area contributed by atoms with Crippen LogP contribution in [-0.2, 0) is 17.9 Å². The van der Waals surface area contributed by atoms with Crippen LogP contribution >= 0.6 is 11.6 Å². The zero-order chi connectivity index (χ0) is 24.4. The maximum Gasteiger partial charge on any atom is 0.336 e. The van der Waals surface area contributed by atoms with Gasteiger partial charge in [0.05, 0.1) is 16.6 Å². The Morgan fingerprint density at radius 1 is 0.971 bits per heavy atom. The molecule has 0 atom stereocenters. The third-order valence-electron chi connectivity index (χ3n) is 5.34. The quantitative estimate of drug-likeness (QED) is 0.429. The lowest BCUT2D eigenvalue weighted by Gasteiger charge is -2.15. The van der Waals surface area contributed by atoms with Crippen molar-refractivity contribution >= 4 is 34.2 Å². The van der Waals surface area contributed by atoms with E-state index in [-0.39, 0.29) is 41.3 Å². The summed E-state index contributed by atoms with van der Waals surface area (Å²) < 4.78 is 15.2. The first kappa shape index (κ1) is 23.1. The second-order valence-electron chi connectivity index (χ2n) is 7.68. The van der Waals surface area contributed by atoms with Crippen molar-refractivity contribution < 1.29 is 14.0 Å². The fourth-order valence-electron chi connectivity index (χ4n) is 3.57. The van der Waals surface area contributed by atoms with E-state index in [0.29, 0.717) is 16.1 Å². The Bertz CT molecular complexity index is 1520. The zero-order valence-electron chi connectivity index (χ0n) is 18.0. The minimum absolute atomic E-state index is 0.138. The monoisotopic (exact) mass is 479 g/mol. The van der Waals surface area contributed by atoms with Crippen molar-refractivity contribution in [1.82, 2.24) is 14.5 Å². The van der Waals surface area contributed by atoms with Crippen LogP contribution in [0.2, 0.25) is 5.02 Å². The predicted octanol–water partition coefficient (Wildman–Crippen LogP) is 3.46. The Labute approximate surface area is 198 Å². The summed E-state index contributed by atoms with van der Waals surface area (Å²) in [5.74, 6) is -1.02. The van der Waals surface area contributed by atoms with Crippen molar-refractivity contribution in [3.63, 3.8) is 0 Å². The van der Waals surface area contributed by atoms with E-state index < -0.39 is 17.2 Å². The molecule has 7 nitrogen and oxygen atoms in total. The summed E-state index contributed by atoms with van der Waals surface area (Å²) >= 11 is 6.10. The highest BCUT2D eigenvalue weighted by Gasteiger charge is 2.17. The maximum atomic E-state index is 13.4. The third kappa shape index (κ3) is 4.67. The molecule has 1 heterocycles. The number of fused-ring (bicyclic) bond motifs is 1. The van der Waals surface area contributed by atoms with Crippen LogP contribution in [0.25, 0.3) is 16.6 Å². The minimum atomic E-state index is -0.729. The van der Waals surface area contributed by atoms with Crippen molar-refractivity contribution in [3.05, 3.63) is 110 Å². The molecule has 0 saturated carbocycles. The molecule has 4 aromatic rings. The largest absolute Gasteiger partial charge is 0.350 e. The molecule has 0 radical (unpaired) electrons. The number of hydrogen-bond acceptors (Lipinski definition) is 4. The van der Waals surface area contributed by atoms with Crippen LogP contribution in [0.5, 0.6) is 0 Å². The molecule has 0 spiro atoms. The molecule has 0 aliphatic heterocycles. The topological polar surface area (TPSA) is 90.2 Å². The van der Waals surface area contributed by atoms with Crippen molar-refractivity contribution in [3.8, 4) is 5.69 Å². The highest BCUT2D eigenvalue weighted by molar-refractivity contribution is 6.31. The van der Waals surface area contributed by atoms with E-state index in [4.69, 9.17) is 11.6 Å². The standard InChI is InChI=1S/C25H19ClFN3O4/c1-15(31)17-4-9-20(10-5-17)30-24(33)21-11-6-18(26)12-22(21)29(25(30)34)14-23(32)28-13-16-2-7-19(27)8-3-16/h2-12H,13-14H2,1H3,(H,28,32). The molecule has 1 aromatic heterocycles. The van der Waals surface area contributed by atoms with Crippen LogP contribution in [0.4, 0.5) is 4.39 Å². The molecule has 1 N–H and O–H groups in total. The highest BCUT2D eigenvalue weighted by Crippen LogP contribution is 2.17. The smallest absolute Gasteiger partial charge is 0.336 e. The minimum Gasteiger partial charge on any atom is -0.350 e. The number of Topliss-reactive ketones (excluding diaryl/α,β-unsaturated/α-hetero) is 1. The van der Waals surface area contributed by atoms with Gasteiger partial charge in [0.1, 0.15) is 12.4 Å². The van der Waals surface area contributed by atoms with Crippen LogP contribution in [0.15, 0.2) is 76.3 Å². The number of halogens is 2. The number of amides is 1. The van der Waals surface area contributed by atoms with Crippen molar-refractivity contribution in [1.29, 1.82) is 0 Å². The molecule has 34 heavy (non-hydrogen) atoms. The Hall–Kier alpha value is -4.04. The Balaban J connectivity index is 1.75. The van der Waals surface area contributed by atoms with E-state index in [1.54, 1.807) is 12.1 Å². The Morgan fingerprint density at radius 3 is 2.29 bits per heavy atom. The van der Waals surface area contributed by atoms with Gasteiger partial charge in [0.25, 0.3) is 5.56 Å². The number of carbonyl (C=O) groups excluding carboxylic acids is 2. The van der Waals surface area contributed by atoms with Gasteiger partial charge < -0.3 is 5.32 Å². The molecule has 172 valence electrons. The molecule has 0 fully saturated rings. The molecule has 4 rings (SSSR count). The lowest BCUT2D eigenvalue weighted by Crippen LogP contribution is -2.41. The van der Waals surface area contributed by atoms with Gasteiger partial charge in [0.15, 0.2) is 5.78 Å². The zero-order valence-corrected chi connectivity index (χ0v) is 18.8. The lowest BCUT2D eigenvalue weighted by atomic mass is 10.1. The summed E-state index contributed by atoms with van der Waals surface area (Å²) in [6.45, 7) is 1.18. The van der Waals surface area contributed by atoms with Crippen LogP contribution in [0.1, 0.15) is 22.8 Å². The summed E-state index contributed by atoms with van der Waals surface area (Å²) in [7, 11) is 0. The highest BCUT2D eigenvalue weighted by atomic mass is 35.5. The average Bonchev–Trinajstić information content (AvgIpc) is 2.81. The van der Waals surface area contributed by atoms with Gasteiger partial charge in [-0.05, 0) is 67.1 Å². The van der Waals surface area contributed by atoms with Gasteiger partial charge in [-0.1, -0.05) is 23.7 Å². The normalized spacial score (nSPS) is 10.9. The van der Waals surface area contributed by atoms with E-state index in [1.165, 1.54) is 66.1 Å². The van der Waals surface area contributed by atoms with E-state index in [2.05, 4.69) is 5.32 Å². The predicted molar refractivity (Wildman–Crippen MR) is 127 cm³/mol. The second-order valence-corrected chi connectivity index (χ2v) is 8.11. The summed E-state index contributed by atoms with van der Waals surface area (Å²) in [5.41, 5.74) is 0.297. The molecular formula is C25H19ClFN3O4. The van der Waals surface area contributed by atoms with Gasteiger partial charge in [0, 0.05) is 17.1 Å². The van der Waals surface area contributed by atoms with Crippen molar-refractivity contribution in [2.75, 3.05) is 0 Å². The molecule has 0 aliphatic rings. The van der Waals surface area contributed by atoms with Gasteiger partial charge in [-0.25, -0.2) is 13.8 Å². The van der Waals surface area contributed by atoms with Crippen LogP contribution in [-0.4, -0.2) is 20.8 Å². The molecule has 0 bridgehead atoms. The Morgan fingerprint density at radius 2 is 1.65 bits per heavy atom. The van der Waals surface area contributed by atoms with E-state index in [1.807, 2.05) is 0 Å². The number of aromatic nitrogens is 2. The summed E-state index contributed by atoms with van der Waals surface area (Å²) in [4.78, 5) is 50.8. The number of carbonyl (C=O) groups is 2. The lowest BCUT2D eigenvalue weighted by molar-refractivity contribution is -0.121. The molecular weight excluding hydrogens is 461 g/mol. The maximum absolute atomic E-state index is 13.4. The van der Waals surface area contributed by atoms with Crippen molar-refractivity contribution in [2.24, 2.45) is 0 Å². The fraction of sp³-hybridized carbons (Fsp3) is 0.120. The molecule has 3 aromatic carbocycles. The van der Waals surface area contributed by atoms with Gasteiger partial charge in [-0.15, -0.1) is 0 Å². The second kappa shape index (κ2) is 9.44. The average molecular weight is 480 g/mol. The number of hydrogen-bond donors (Lipinski definition) is 1. The summed E-state index contributed by atoms with van der Waals surface area (Å²) in [5, 5.41) is 3.19. The van der Waals surface area contributed by atoms with Gasteiger partial charge >= 0.3 is 5.69 Å². The fourth-order valence-corrected chi connectivity index (χ4v) is 3.73. The first-order valence-corrected chi connectivity index (χ1v) is 10.7. The van der Waals surface area contributed by atoms with Crippen LogP contribution in [0, 0.1) is 5.82 Å². The van der Waals surface area contributed by atoms with Gasteiger partial charge in [-0.3, -0.25) is 19.0 Å². The number of rotatable bonds is 6. The van der Waals surface area contributed by atoms with Crippen LogP contribution < -0.4 is 16.6 Å². The SMILES string of the molecule is CC(=O)c1ccc(-n2c(=O)c3ccc(Cl)cc3n(CC(=O)NCc3ccc(F)cc3)c2=O)cc1.